The quantitative estimate of drug-likeness (QED) is 0.486. The minimum atomic E-state index is -3.70. The molecule has 142 valence electrons. The Bertz CT molecular complexity index is 770. The molecule has 1 aliphatic heterocycles. The molecular formula is C16H21N3O6S. The number of ether oxygens (including phenoxy) is 1. The Morgan fingerprint density at radius 3 is 2.19 bits per heavy atom. The van der Waals surface area contributed by atoms with Crippen LogP contribution in [0.2, 0.25) is 0 Å². The van der Waals surface area contributed by atoms with E-state index in [0.717, 1.165) is 17.0 Å². The van der Waals surface area contributed by atoms with Crippen LogP contribution in [0.15, 0.2) is 24.3 Å². The molecule has 1 aliphatic rings. The summed E-state index contributed by atoms with van der Waals surface area (Å²) in [6, 6.07) is 5.77. The van der Waals surface area contributed by atoms with Gasteiger partial charge in [0.15, 0.2) is 0 Å². The third-order valence-corrected chi connectivity index (χ3v) is 5.21. The summed E-state index contributed by atoms with van der Waals surface area (Å²) in [7, 11) is -2.45. The largest absolute Gasteiger partial charge is 0.465 e. The number of nitrogens with zero attached hydrogens (tertiary/aromatic N) is 3. The van der Waals surface area contributed by atoms with Gasteiger partial charge in [0.25, 0.3) is 0 Å². The molecule has 0 N–H and O–H groups in total. The monoisotopic (exact) mass is 383 g/mol. The fraction of sp³-hybridized carbons (Fsp3) is 0.438. The van der Waals surface area contributed by atoms with Gasteiger partial charge in [-0.15, -0.1) is 0 Å². The number of methoxy groups -OCH3 is 1. The van der Waals surface area contributed by atoms with Crippen molar-refractivity contribution in [1.82, 2.24) is 9.80 Å². The third kappa shape index (κ3) is 4.72. The number of piperazine rings is 1. The molecule has 0 unspecified atom stereocenters. The lowest BCUT2D eigenvalue weighted by molar-refractivity contribution is -0.133. The fourth-order valence-corrected chi connectivity index (χ4v) is 3.43. The molecule has 0 aliphatic carbocycles. The van der Waals surface area contributed by atoms with Crippen molar-refractivity contribution in [3.63, 3.8) is 0 Å². The molecule has 26 heavy (non-hydrogen) atoms. The molecule has 10 heteroatoms. The second-order valence-electron chi connectivity index (χ2n) is 5.83. The predicted octanol–water partition coefficient (Wildman–Crippen LogP) is -0.460. The van der Waals surface area contributed by atoms with Gasteiger partial charge >= 0.3 is 5.97 Å². The highest BCUT2D eigenvalue weighted by Gasteiger charge is 2.26. The number of rotatable bonds is 6. The highest BCUT2D eigenvalue weighted by atomic mass is 32.2. The Kier molecular flexibility index (Phi) is 6.19. The van der Waals surface area contributed by atoms with E-state index in [4.69, 9.17) is 0 Å². The van der Waals surface area contributed by atoms with Gasteiger partial charge < -0.3 is 14.5 Å². The molecule has 0 saturated carbocycles. The fourth-order valence-electron chi connectivity index (χ4n) is 2.58. The van der Waals surface area contributed by atoms with Gasteiger partial charge in [0.1, 0.15) is 6.54 Å². The van der Waals surface area contributed by atoms with Crippen LogP contribution in [0.3, 0.4) is 0 Å². The molecule has 1 aromatic rings. The number of amides is 2. The van der Waals surface area contributed by atoms with Crippen LogP contribution < -0.4 is 4.31 Å². The maximum absolute atomic E-state index is 12.5. The van der Waals surface area contributed by atoms with Crippen molar-refractivity contribution < 1.29 is 27.5 Å². The van der Waals surface area contributed by atoms with E-state index in [-0.39, 0.29) is 23.7 Å². The smallest absolute Gasteiger partial charge is 0.337 e. The minimum absolute atomic E-state index is 0.278. The molecule has 1 heterocycles. The molecule has 2 rings (SSSR count). The number of carbonyl (C=O) groups is 3. The molecule has 0 aromatic heterocycles. The van der Waals surface area contributed by atoms with Crippen LogP contribution in [0.1, 0.15) is 10.4 Å². The average molecular weight is 383 g/mol. The summed E-state index contributed by atoms with van der Waals surface area (Å²) in [4.78, 5) is 37.8. The van der Waals surface area contributed by atoms with E-state index in [9.17, 15) is 22.8 Å². The first-order valence-electron chi connectivity index (χ1n) is 7.89. The highest BCUT2D eigenvalue weighted by molar-refractivity contribution is 7.92. The van der Waals surface area contributed by atoms with Crippen molar-refractivity contribution in [3.8, 4) is 0 Å². The van der Waals surface area contributed by atoms with E-state index < -0.39 is 16.0 Å². The molecule has 9 nitrogen and oxygen atoms in total. The van der Waals surface area contributed by atoms with Crippen molar-refractivity contribution in [2.75, 3.05) is 50.4 Å². The second kappa shape index (κ2) is 8.17. The van der Waals surface area contributed by atoms with E-state index in [0.29, 0.717) is 26.2 Å². The topological polar surface area (TPSA) is 104 Å². The van der Waals surface area contributed by atoms with Gasteiger partial charge in [0.2, 0.25) is 22.3 Å². The highest BCUT2D eigenvalue weighted by Crippen LogP contribution is 2.19. The lowest BCUT2D eigenvalue weighted by Crippen LogP contribution is -2.51. The van der Waals surface area contributed by atoms with Gasteiger partial charge in [-0.05, 0) is 24.3 Å². The molecule has 0 radical (unpaired) electrons. The van der Waals surface area contributed by atoms with Crippen LogP contribution in [-0.2, 0) is 24.3 Å². The molecule has 0 bridgehead atoms. The molecule has 1 saturated heterocycles. The zero-order valence-electron chi connectivity index (χ0n) is 14.6. The summed E-state index contributed by atoms with van der Waals surface area (Å²) in [5.74, 6) is -0.885. The Balaban J connectivity index is 2.14. The van der Waals surface area contributed by atoms with Gasteiger partial charge in [0, 0.05) is 26.2 Å². The van der Waals surface area contributed by atoms with Crippen LogP contribution in [-0.4, -0.2) is 82.6 Å². The lowest BCUT2D eigenvalue weighted by Gasteiger charge is -2.34. The van der Waals surface area contributed by atoms with Crippen LogP contribution in [0.5, 0.6) is 0 Å². The van der Waals surface area contributed by atoms with E-state index >= 15 is 0 Å². The van der Waals surface area contributed by atoms with Gasteiger partial charge in [-0.2, -0.15) is 0 Å². The Morgan fingerprint density at radius 2 is 1.73 bits per heavy atom. The number of anilines is 1. The lowest BCUT2D eigenvalue weighted by atomic mass is 10.2. The van der Waals surface area contributed by atoms with Gasteiger partial charge in [-0.3, -0.25) is 13.9 Å². The van der Waals surface area contributed by atoms with Crippen molar-refractivity contribution in [2.24, 2.45) is 0 Å². The van der Waals surface area contributed by atoms with Gasteiger partial charge in [-0.25, -0.2) is 13.2 Å². The predicted molar refractivity (Wildman–Crippen MR) is 94.2 cm³/mol. The maximum Gasteiger partial charge on any atom is 0.337 e. The first-order chi connectivity index (χ1) is 12.3. The summed E-state index contributed by atoms with van der Waals surface area (Å²) in [6.07, 6.45) is 1.74. The zero-order chi connectivity index (χ0) is 19.3. The zero-order valence-corrected chi connectivity index (χ0v) is 15.4. The van der Waals surface area contributed by atoms with Crippen molar-refractivity contribution in [2.45, 2.75) is 0 Å². The molecule has 1 aromatic carbocycles. The van der Waals surface area contributed by atoms with E-state index in [1.807, 2.05) is 0 Å². The van der Waals surface area contributed by atoms with E-state index in [2.05, 4.69) is 4.74 Å². The number of sulfonamides is 1. The maximum atomic E-state index is 12.5. The Hall–Kier alpha value is -2.62. The van der Waals surface area contributed by atoms with Gasteiger partial charge in [0.05, 0.1) is 24.6 Å². The average Bonchev–Trinajstić information content (AvgIpc) is 2.64. The SMILES string of the molecule is COC(=O)c1ccc(N(CC(=O)N2CCN(C=O)CC2)S(C)(=O)=O)cc1. The molecular weight excluding hydrogens is 362 g/mol. The number of esters is 1. The number of benzene rings is 1. The molecule has 0 spiro atoms. The standard InChI is InChI=1S/C16H21N3O6S/c1-25-16(22)13-3-5-14(6-4-13)19(26(2,23)24)11-15(21)18-9-7-17(12-20)8-10-18/h3-6,12H,7-11H2,1-2H3. The summed E-state index contributed by atoms with van der Waals surface area (Å²) in [6.45, 7) is 1.20. The summed E-state index contributed by atoms with van der Waals surface area (Å²) >= 11 is 0. The summed E-state index contributed by atoms with van der Waals surface area (Å²) in [5.41, 5.74) is 0.557. The number of hydrogen-bond donors (Lipinski definition) is 0. The van der Waals surface area contributed by atoms with Crippen LogP contribution >= 0.6 is 0 Å². The summed E-state index contributed by atoms with van der Waals surface area (Å²) < 4.78 is 29.9. The third-order valence-electron chi connectivity index (χ3n) is 4.07. The molecule has 0 atom stereocenters. The first kappa shape index (κ1) is 19.7. The molecule has 2 amide bonds. The van der Waals surface area contributed by atoms with Crippen LogP contribution in [0.4, 0.5) is 5.69 Å². The van der Waals surface area contributed by atoms with Crippen molar-refractivity contribution in [3.05, 3.63) is 29.8 Å². The minimum Gasteiger partial charge on any atom is -0.465 e. The van der Waals surface area contributed by atoms with E-state index in [1.54, 1.807) is 4.90 Å². The second-order valence-corrected chi connectivity index (χ2v) is 7.74. The Labute approximate surface area is 152 Å². The summed E-state index contributed by atoms with van der Waals surface area (Å²) in [5, 5.41) is 0. The first-order valence-corrected chi connectivity index (χ1v) is 9.74. The van der Waals surface area contributed by atoms with Crippen LogP contribution in [0, 0.1) is 0 Å². The van der Waals surface area contributed by atoms with Gasteiger partial charge in [-0.1, -0.05) is 0 Å². The number of carbonyl (C=O) groups excluding carboxylic acids is 3. The Morgan fingerprint density at radius 1 is 1.15 bits per heavy atom. The number of hydrogen-bond acceptors (Lipinski definition) is 6. The normalized spacial score (nSPS) is 14.7. The van der Waals surface area contributed by atoms with Crippen molar-refractivity contribution >= 4 is 34.0 Å². The van der Waals surface area contributed by atoms with Crippen LogP contribution in [0.25, 0.3) is 0 Å². The van der Waals surface area contributed by atoms with Crippen molar-refractivity contribution in [1.29, 1.82) is 0 Å². The molecule has 1 fully saturated rings. The van der Waals surface area contributed by atoms with E-state index in [1.165, 1.54) is 36.3 Å².